The fraction of sp³-hybridized carbons (Fsp3) is 0.471. The third kappa shape index (κ3) is 3.93. The van der Waals surface area contributed by atoms with E-state index in [2.05, 4.69) is 29.3 Å². The maximum Gasteiger partial charge on any atom is 0.278 e. The standard InChI is InChI=1S/C17H21N3O2S/c1-2-14(13-8-4-3-5-9-13)16-18-19-17(22-16)23-12-20-11-7-6-10-15(20)21/h3-5,8-9,14H,2,6-7,10-12H2,1H3/t14-/m1/s1. The van der Waals surface area contributed by atoms with Crippen LogP contribution in [0.15, 0.2) is 40.0 Å². The lowest BCUT2D eigenvalue weighted by Gasteiger charge is -2.25. The van der Waals surface area contributed by atoms with Crippen molar-refractivity contribution in [3.8, 4) is 0 Å². The number of rotatable bonds is 6. The van der Waals surface area contributed by atoms with Gasteiger partial charge in [-0.05, 0) is 36.6 Å². The number of carbonyl (C=O) groups is 1. The number of benzene rings is 1. The van der Waals surface area contributed by atoms with E-state index in [1.165, 1.54) is 17.3 Å². The first kappa shape index (κ1) is 16.1. The molecule has 0 unspecified atom stereocenters. The van der Waals surface area contributed by atoms with E-state index in [1.807, 2.05) is 23.1 Å². The molecule has 1 aromatic carbocycles. The number of nitrogens with zero attached hydrogens (tertiary/aromatic N) is 3. The Bertz CT molecular complexity index is 644. The minimum atomic E-state index is 0.120. The molecule has 2 heterocycles. The van der Waals surface area contributed by atoms with E-state index in [1.54, 1.807) is 0 Å². The average molecular weight is 331 g/mol. The zero-order valence-electron chi connectivity index (χ0n) is 13.3. The van der Waals surface area contributed by atoms with Crippen LogP contribution in [0.4, 0.5) is 0 Å². The minimum Gasteiger partial charge on any atom is -0.415 e. The number of amides is 1. The number of carbonyl (C=O) groups excluding carboxylic acids is 1. The maximum atomic E-state index is 11.8. The lowest BCUT2D eigenvalue weighted by Crippen LogP contribution is -2.34. The van der Waals surface area contributed by atoms with Crippen molar-refractivity contribution in [2.75, 3.05) is 12.4 Å². The Balaban J connectivity index is 1.64. The van der Waals surface area contributed by atoms with Crippen LogP contribution in [0.3, 0.4) is 0 Å². The highest BCUT2D eigenvalue weighted by molar-refractivity contribution is 7.99. The van der Waals surface area contributed by atoms with Crippen molar-refractivity contribution < 1.29 is 9.21 Å². The highest BCUT2D eigenvalue weighted by Crippen LogP contribution is 2.29. The van der Waals surface area contributed by atoms with Gasteiger partial charge >= 0.3 is 0 Å². The number of hydrogen-bond acceptors (Lipinski definition) is 5. The molecular formula is C17H21N3O2S. The molecule has 0 N–H and O–H groups in total. The van der Waals surface area contributed by atoms with Gasteiger partial charge in [0.2, 0.25) is 11.8 Å². The van der Waals surface area contributed by atoms with Crippen molar-refractivity contribution >= 4 is 17.7 Å². The molecule has 3 rings (SSSR count). The number of likely N-dealkylation sites (tertiary alicyclic amines) is 1. The van der Waals surface area contributed by atoms with E-state index in [0.717, 1.165) is 25.8 Å². The molecule has 0 radical (unpaired) electrons. The Morgan fingerprint density at radius 2 is 2.09 bits per heavy atom. The van der Waals surface area contributed by atoms with Gasteiger partial charge in [-0.1, -0.05) is 37.3 Å². The molecule has 23 heavy (non-hydrogen) atoms. The van der Waals surface area contributed by atoms with Gasteiger partial charge in [-0.25, -0.2) is 0 Å². The van der Waals surface area contributed by atoms with Gasteiger partial charge < -0.3 is 9.32 Å². The molecule has 2 aromatic rings. The van der Waals surface area contributed by atoms with Crippen LogP contribution in [-0.4, -0.2) is 33.4 Å². The summed E-state index contributed by atoms with van der Waals surface area (Å²) in [4.78, 5) is 13.7. The van der Waals surface area contributed by atoms with E-state index in [9.17, 15) is 4.79 Å². The maximum absolute atomic E-state index is 11.8. The third-order valence-electron chi connectivity index (χ3n) is 4.10. The summed E-state index contributed by atoms with van der Waals surface area (Å²) in [6, 6.07) is 10.2. The largest absolute Gasteiger partial charge is 0.415 e. The van der Waals surface area contributed by atoms with Crippen LogP contribution in [0.5, 0.6) is 0 Å². The second-order valence-electron chi connectivity index (χ2n) is 5.67. The Kier molecular flexibility index (Phi) is 5.33. The lowest BCUT2D eigenvalue weighted by atomic mass is 9.97. The highest BCUT2D eigenvalue weighted by Gasteiger charge is 2.21. The summed E-state index contributed by atoms with van der Waals surface area (Å²) in [6.45, 7) is 2.94. The zero-order chi connectivity index (χ0) is 16.1. The molecule has 0 saturated carbocycles. The van der Waals surface area contributed by atoms with Crippen LogP contribution in [0, 0.1) is 0 Å². The molecule has 1 amide bonds. The van der Waals surface area contributed by atoms with Crippen LogP contribution in [0.2, 0.25) is 0 Å². The summed E-state index contributed by atoms with van der Waals surface area (Å²) in [7, 11) is 0. The van der Waals surface area contributed by atoms with E-state index < -0.39 is 0 Å². The van der Waals surface area contributed by atoms with Crippen LogP contribution in [0.25, 0.3) is 0 Å². The Hall–Kier alpha value is -1.82. The van der Waals surface area contributed by atoms with Gasteiger partial charge in [0, 0.05) is 13.0 Å². The molecule has 6 heteroatoms. The number of piperidine rings is 1. The summed E-state index contributed by atoms with van der Waals surface area (Å²) in [5.41, 5.74) is 1.18. The minimum absolute atomic E-state index is 0.120. The van der Waals surface area contributed by atoms with Crippen molar-refractivity contribution in [1.29, 1.82) is 0 Å². The number of hydrogen-bond donors (Lipinski definition) is 0. The first-order chi connectivity index (χ1) is 11.3. The smallest absolute Gasteiger partial charge is 0.278 e. The predicted molar refractivity (Wildman–Crippen MR) is 89.2 cm³/mol. The summed E-state index contributed by atoms with van der Waals surface area (Å²) in [5.74, 6) is 1.57. The van der Waals surface area contributed by atoms with Crippen molar-refractivity contribution in [2.45, 2.75) is 43.7 Å². The number of thioether (sulfide) groups is 1. The summed E-state index contributed by atoms with van der Waals surface area (Å²) in [5, 5.41) is 8.87. The van der Waals surface area contributed by atoms with Crippen molar-refractivity contribution in [2.24, 2.45) is 0 Å². The van der Waals surface area contributed by atoms with Crippen LogP contribution >= 0.6 is 11.8 Å². The first-order valence-corrected chi connectivity index (χ1v) is 9.05. The Labute approximate surface area is 140 Å². The van der Waals surface area contributed by atoms with Crippen molar-refractivity contribution in [3.05, 3.63) is 41.8 Å². The molecule has 0 bridgehead atoms. The molecule has 5 nitrogen and oxygen atoms in total. The molecule has 1 aliphatic heterocycles. The SMILES string of the molecule is CC[C@H](c1ccccc1)c1nnc(SCN2CCCCC2=O)o1. The molecule has 122 valence electrons. The van der Waals surface area contributed by atoms with E-state index in [-0.39, 0.29) is 11.8 Å². The highest BCUT2D eigenvalue weighted by atomic mass is 32.2. The van der Waals surface area contributed by atoms with Crippen LogP contribution in [0.1, 0.15) is 50.0 Å². The van der Waals surface area contributed by atoms with E-state index >= 15 is 0 Å². The molecule has 1 saturated heterocycles. The van der Waals surface area contributed by atoms with Gasteiger partial charge in [-0.15, -0.1) is 10.2 Å². The van der Waals surface area contributed by atoms with Gasteiger partial charge in [-0.2, -0.15) is 0 Å². The Morgan fingerprint density at radius 3 is 2.83 bits per heavy atom. The average Bonchev–Trinajstić information content (AvgIpc) is 3.04. The Morgan fingerprint density at radius 1 is 1.26 bits per heavy atom. The first-order valence-electron chi connectivity index (χ1n) is 8.07. The molecule has 1 aromatic heterocycles. The topological polar surface area (TPSA) is 59.2 Å². The van der Waals surface area contributed by atoms with Crippen molar-refractivity contribution in [1.82, 2.24) is 15.1 Å². The third-order valence-corrected chi connectivity index (χ3v) is 4.95. The van der Waals surface area contributed by atoms with Gasteiger partial charge in [-0.3, -0.25) is 4.79 Å². The fourth-order valence-corrected chi connectivity index (χ4v) is 3.57. The normalized spacial score (nSPS) is 16.6. The summed E-state index contributed by atoms with van der Waals surface area (Å²) < 4.78 is 5.82. The summed E-state index contributed by atoms with van der Waals surface area (Å²) >= 11 is 1.44. The van der Waals surface area contributed by atoms with E-state index in [4.69, 9.17) is 4.42 Å². The molecule has 1 fully saturated rings. The summed E-state index contributed by atoms with van der Waals surface area (Å²) in [6.07, 6.45) is 3.63. The lowest BCUT2D eigenvalue weighted by molar-refractivity contribution is -0.132. The van der Waals surface area contributed by atoms with Gasteiger partial charge in [0.05, 0.1) is 11.8 Å². The van der Waals surface area contributed by atoms with Crippen LogP contribution in [-0.2, 0) is 4.79 Å². The molecule has 0 aliphatic carbocycles. The second kappa shape index (κ2) is 7.64. The fourth-order valence-electron chi connectivity index (χ4n) is 2.79. The van der Waals surface area contributed by atoms with Crippen LogP contribution < -0.4 is 0 Å². The second-order valence-corrected chi connectivity index (χ2v) is 6.56. The van der Waals surface area contributed by atoms with Crippen molar-refractivity contribution in [3.63, 3.8) is 0 Å². The molecule has 0 spiro atoms. The molecular weight excluding hydrogens is 310 g/mol. The molecule has 1 aliphatic rings. The van der Waals surface area contributed by atoms with Gasteiger partial charge in [0.1, 0.15) is 0 Å². The quantitative estimate of drug-likeness (QED) is 0.756. The monoisotopic (exact) mass is 331 g/mol. The predicted octanol–water partition coefficient (Wildman–Crippen LogP) is 3.67. The van der Waals surface area contributed by atoms with Gasteiger partial charge in [0.25, 0.3) is 5.22 Å². The van der Waals surface area contributed by atoms with E-state index in [0.29, 0.717) is 23.4 Å². The number of aromatic nitrogens is 2. The molecule has 1 atom stereocenters. The zero-order valence-corrected chi connectivity index (χ0v) is 14.1. The van der Waals surface area contributed by atoms with Gasteiger partial charge in [0.15, 0.2) is 0 Å².